The first kappa shape index (κ1) is 16.8. The van der Waals surface area contributed by atoms with Crippen molar-refractivity contribution in [3.63, 3.8) is 0 Å². The van der Waals surface area contributed by atoms with Gasteiger partial charge in [-0.05, 0) is 41.6 Å². The number of rotatable bonds is 5. The maximum atomic E-state index is 12.7. The normalized spacial score (nSPS) is 11.6. The van der Waals surface area contributed by atoms with E-state index in [9.17, 15) is 8.42 Å². The number of anilines is 1. The average molecular weight is 405 g/mol. The van der Waals surface area contributed by atoms with Crippen LogP contribution in [0.1, 0.15) is 5.01 Å². The van der Waals surface area contributed by atoms with Crippen molar-refractivity contribution in [2.45, 2.75) is 11.1 Å². The Morgan fingerprint density at radius 3 is 2.81 bits per heavy atom. The summed E-state index contributed by atoms with van der Waals surface area (Å²) >= 11 is 2.71. The minimum Gasteiger partial charge on any atom is -0.279 e. The first-order valence-electron chi connectivity index (χ1n) is 7.40. The van der Waals surface area contributed by atoms with Gasteiger partial charge < -0.3 is 0 Å². The number of aromatic amines is 1. The Morgan fingerprint density at radius 2 is 2.08 bits per heavy atom. The van der Waals surface area contributed by atoms with E-state index in [1.165, 1.54) is 22.7 Å². The number of tetrazole rings is 1. The van der Waals surface area contributed by atoms with Crippen molar-refractivity contribution in [1.82, 2.24) is 25.6 Å². The number of aromatic nitrogens is 5. The second-order valence-corrected chi connectivity index (χ2v) is 9.36. The third-order valence-electron chi connectivity index (χ3n) is 3.45. The van der Waals surface area contributed by atoms with Crippen molar-refractivity contribution in [1.29, 1.82) is 0 Å². The fraction of sp³-hybridized carbons (Fsp3) is 0.0667. The van der Waals surface area contributed by atoms with Gasteiger partial charge in [0, 0.05) is 16.6 Å². The van der Waals surface area contributed by atoms with Crippen LogP contribution in [-0.4, -0.2) is 34.0 Å². The number of nitrogens with one attached hydrogen (secondary N) is 2. The monoisotopic (exact) mass is 404 g/mol. The van der Waals surface area contributed by atoms with Crippen LogP contribution in [0, 0.1) is 6.92 Å². The second kappa shape index (κ2) is 6.59. The molecule has 0 bridgehead atoms. The number of hydrogen-bond acceptors (Lipinski definition) is 8. The molecule has 4 aromatic rings. The molecule has 4 rings (SSSR count). The molecular weight excluding hydrogens is 392 g/mol. The number of benzene rings is 1. The van der Waals surface area contributed by atoms with E-state index in [0.29, 0.717) is 17.1 Å². The van der Waals surface area contributed by atoms with Gasteiger partial charge in [-0.25, -0.2) is 18.5 Å². The Hall–Kier alpha value is -2.63. The van der Waals surface area contributed by atoms with Gasteiger partial charge in [-0.3, -0.25) is 4.72 Å². The van der Waals surface area contributed by atoms with Gasteiger partial charge in [0.05, 0.1) is 15.6 Å². The Balaban J connectivity index is 1.60. The molecule has 0 amide bonds. The van der Waals surface area contributed by atoms with E-state index in [-0.39, 0.29) is 4.21 Å². The van der Waals surface area contributed by atoms with Crippen LogP contribution in [-0.2, 0) is 10.0 Å². The van der Waals surface area contributed by atoms with Crippen LogP contribution in [0.25, 0.3) is 22.0 Å². The molecule has 3 heterocycles. The first-order valence-corrected chi connectivity index (χ1v) is 10.6. The van der Waals surface area contributed by atoms with E-state index < -0.39 is 10.0 Å². The van der Waals surface area contributed by atoms with Crippen molar-refractivity contribution in [2.24, 2.45) is 0 Å². The predicted molar refractivity (Wildman–Crippen MR) is 101 cm³/mol. The molecule has 0 spiro atoms. The maximum Gasteiger partial charge on any atom is 0.271 e. The van der Waals surface area contributed by atoms with E-state index in [1.807, 2.05) is 12.3 Å². The molecule has 3 aromatic heterocycles. The fourth-order valence-electron chi connectivity index (χ4n) is 2.30. The molecule has 0 unspecified atom stereocenters. The zero-order chi connectivity index (χ0) is 18.1. The molecule has 0 fully saturated rings. The smallest absolute Gasteiger partial charge is 0.271 e. The standard InChI is InChI=1S/C15H12N6O2S3/c1-9-16-12(8-24-9)13-5-6-14(25-13)26(22,23)19-11-4-2-3-10(7-11)15-17-20-21-18-15/h2-8,19H,1H3,(H,17,18,20,21). The third-order valence-corrected chi connectivity index (χ3v) is 7.21. The summed E-state index contributed by atoms with van der Waals surface area (Å²) in [5.74, 6) is 0.461. The molecule has 0 atom stereocenters. The average Bonchev–Trinajstić information content (AvgIpc) is 3.36. The summed E-state index contributed by atoms with van der Waals surface area (Å²) in [7, 11) is -3.70. The highest BCUT2D eigenvalue weighted by Gasteiger charge is 2.18. The fourth-order valence-corrected chi connectivity index (χ4v) is 5.30. The lowest BCUT2D eigenvalue weighted by atomic mass is 10.2. The molecule has 132 valence electrons. The summed E-state index contributed by atoms with van der Waals surface area (Å²) in [5.41, 5.74) is 1.90. The van der Waals surface area contributed by atoms with Gasteiger partial charge in [0.15, 0.2) is 5.82 Å². The Morgan fingerprint density at radius 1 is 1.19 bits per heavy atom. The largest absolute Gasteiger partial charge is 0.279 e. The van der Waals surface area contributed by atoms with Gasteiger partial charge in [0.1, 0.15) is 4.21 Å². The summed E-state index contributed by atoms with van der Waals surface area (Å²) in [6.45, 7) is 1.91. The molecule has 0 aliphatic heterocycles. The number of thiazole rings is 1. The highest BCUT2D eigenvalue weighted by molar-refractivity contribution is 7.94. The van der Waals surface area contributed by atoms with E-state index >= 15 is 0 Å². The molecule has 0 saturated heterocycles. The van der Waals surface area contributed by atoms with Gasteiger partial charge >= 0.3 is 0 Å². The quantitative estimate of drug-likeness (QED) is 0.528. The lowest BCUT2D eigenvalue weighted by Crippen LogP contribution is -2.11. The number of sulfonamides is 1. The molecular formula is C15H12N6O2S3. The van der Waals surface area contributed by atoms with E-state index in [1.54, 1.807) is 36.4 Å². The van der Waals surface area contributed by atoms with Gasteiger partial charge in [-0.2, -0.15) is 0 Å². The van der Waals surface area contributed by atoms with Crippen LogP contribution in [0.3, 0.4) is 0 Å². The summed E-state index contributed by atoms with van der Waals surface area (Å²) in [4.78, 5) is 5.21. The second-order valence-electron chi connectivity index (χ2n) is 5.31. The Kier molecular flexibility index (Phi) is 4.26. The maximum absolute atomic E-state index is 12.7. The van der Waals surface area contributed by atoms with Crippen molar-refractivity contribution < 1.29 is 8.42 Å². The molecule has 0 aliphatic rings. The van der Waals surface area contributed by atoms with Crippen molar-refractivity contribution in [3.05, 3.63) is 46.8 Å². The van der Waals surface area contributed by atoms with E-state index in [4.69, 9.17) is 0 Å². The SMILES string of the molecule is Cc1nc(-c2ccc(S(=O)(=O)Nc3cccc(-c4nnn[nH]4)c3)s2)cs1. The molecule has 1 aromatic carbocycles. The number of thiophene rings is 1. The van der Waals surface area contributed by atoms with Gasteiger partial charge in [0.2, 0.25) is 0 Å². The van der Waals surface area contributed by atoms with Crippen LogP contribution in [0.15, 0.2) is 46.0 Å². The van der Waals surface area contributed by atoms with Crippen molar-refractivity contribution in [3.8, 4) is 22.0 Å². The minimum absolute atomic E-state index is 0.227. The van der Waals surface area contributed by atoms with Crippen LogP contribution >= 0.6 is 22.7 Å². The van der Waals surface area contributed by atoms with Gasteiger partial charge in [-0.15, -0.1) is 27.8 Å². The highest BCUT2D eigenvalue weighted by Crippen LogP contribution is 2.32. The van der Waals surface area contributed by atoms with Crippen LogP contribution < -0.4 is 4.72 Å². The minimum atomic E-state index is -3.70. The molecule has 11 heteroatoms. The summed E-state index contributed by atoms with van der Waals surface area (Å²) in [6, 6.07) is 10.2. The van der Waals surface area contributed by atoms with Crippen molar-refractivity contribution >= 4 is 38.4 Å². The third kappa shape index (κ3) is 3.36. The highest BCUT2D eigenvalue weighted by atomic mass is 32.2. The summed E-state index contributed by atoms with van der Waals surface area (Å²) in [5, 5.41) is 16.4. The Labute approximate surface area is 157 Å². The lowest BCUT2D eigenvalue weighted by molar-refractivity contribution is 0.603. The number of H-pyrrole nitrogens is 1. The number of hydrogen-bond donors (Lipinski definition) is 2. The lowest BCUT2D eigenvalue weighted by Gasteiger charge is -2.07. The number of aryl methyl sites for hydroxylation is 1. The zero-order valence-corrected chi connectivity index (χ0v) is 15.8. The zero-order valence-electron chi connectivity index (χ0n) is 13.4. The van der Waals surface area contributed by atoms with E-state index in [0.717, 1.165) is 15.6 Å². The van der Waals surface area contributed by atoms with Crippen LogP contribution in [0.4, 0.5) is 5.69 Å². The molecule has 0 radical (unpaired) electrons. The molecule has 0 aliphatic carbocycles. The topological polar surface area (TPSA) is 114 Å². The van der Waals surface area contributed by atoms with Crippen LogP contribution in [0.2, 0.25) is 0 Å². The summed E-state index contributed by atoms with van der Waals surface area (Å²) < 4.78 is 28.2. The van der Waals surface area contributed by atoms with Crippen molar-refractivity contribution in [2.75, 3.05) is 4.72 Å². The molecule has 2 N–H and O–H groups in total. The number of nitrogens with zero attached hydrogens (tertiary/aromatic N) is 4. The first-order chi connectivity index (χ1) is 12.5. The van der Waals surface area contributed by atoms with Crippen LogP contribution in [0.5, 0.6) is 0 Å². The molecule has 8 nitrogen and oxygen atoms in total. The molecule has 0 saturated carbocycles. The van der Waals surface area contributed by atoms with Gasteiger partial charge in [-0.1, -0.05) is 12.1 Å². The van der Waals surface area contributed by atoms with E-state index in [2.05, 4.69) is 30.3 Å². The van der Waals surface area contributed by atoms with Gasteiger partial charge in [0.25, 0.3) is 10.0 Å². The summed E-state index contributed by atoms with van der Waals surface area (Å²) in [6.07, 6.45) is 0. The predicted octanol–water partition coefficient (Wildman–Crippen LogP) is 3.16. The Bertz CT molecular complexity index is 1150. The molecule has 26 heavy (non-hydrogen) atoms.